The van der Waals surface area contributed by atoms with Crippen molar-refractivity contribution >= 4 is 5.90 Å². The Morgan fingerprint density at radius 2 is 2.64 bits per heavy atom. The standard InChI is InChI=1S/C8H13NO2/c1-4-10-7-5-9-8(11-7)6(2)3/h7H,2,4-5H2,1,3H3. The third kappa shape index (κ3) is 2.05. The van der Waals surface area contributed by atoms with Crippen molar-refractivity contribution < 1.29 is 9.47 Å². The summed E-state index contributed by atoms with van der Waals surface area (Å²) in [6.07, 6.45) is -0.188. The van der Waals surface area contributed by atoms with Gasteiger partial charge < -0.3 is 9.47 Å². The van der Waals surface area contributed by atoms with Crippen molar-refractivity contribution in [3.05, 3.63) is 12.2 Å². The van der Waals surface area contributed by atoms with Gasteiger partial charge >= 0.3 is 0 Å². The van der Waals surface area contributed by atoms with Gasteiger partial charge in [0.05, 0.1) is 0 Å². The molecule has 3 heteroatoms. The summed E-state index contributed by atoms with van der Waals surface area (Å²) in [5.74, 6) is 0.628. The minimum atomic E-state index is -0.188. The lowest BCUT2D eigenvalue weighted by molar-refractivity contribution is -0.0634. The van der Waals surface area contributed by atoms with Crippen LogP contribution in [0.1, 0.15) is 13.8 Å². The van der Waals surface area contributed by atoms with E-state index in [0.717, 1.165) is 5.57 Å². The van der Waals surface area contributed by atoms with Gasteiger partial charge in [0.25, 0.3) is 0 Å². The van der Waals surface area contributed by atoms with Gasteiger partial charge in [-0.3, -0.25) is 0 Å². The van der Waals surface area contributed by atoms with Crippen LogP contribution in [-0.4, -0.2) is 25.3 Å². The molecule has 0 spiro atoms. The molecule has 0 bridgehead atoms. The summed E-state index contributed by atoms with van der Waals surface area (Å²) in [6.45, 7) is 8.77. The predicted octanol–water partition coefficient (Wildman–Crippen LogP) is 1.35. The number of aliphatic imine (C=N–C) groups is 1. The molecule has 0 aromatic carbocycles. The van der Waals surface area contributed by atoms with Crippen molar-refractivity contribution in [3.63, 3.8) is 0 Å². The number of nitrogens with zero attached hydrogens (tertiary/aromatic N) is 1. The first kappa shape index (κ1) is 8.27. The maximum Gasteiger partial charge on any atom is 0.221 e. The van der Waals surface area contributed by atoms with Crippen molar-refractivity contribution in [2.24, 2.45) is 4.99 Å². The van der Waals surface area contributed by atoms with Gasteiger partial charge in [0, 0.05) is 12.2 Å². The lowest BCUT2D eigenvalue weighted by Crippen LogP contribution is -2.17. The molecular weight excluding hydrogens is 142 g/mol. The molecule has 0 radical (unpaired) electrons. The van der Waals surface area contributed by atoms with Crippen molar-refractivity contribution in [3.8, 4) is 0 Å². The first-order chi connectivity index (χ1) is 5.24. The van der Waals surface area contributed by atoms with E-state index in [1.54, 1.807) is 0 Å². The summed E-state index contributed by atoms with van der Waals surface area (Å²) >= 11 is 0. The van der Waals surface area contributed by atoms with Gasteiger partial charge in [0.2, 0.25) is 12.2 Å². The number of hydrogen-bond acceptors (Lipinski definition) is 3. The highest BCUT2D eigenvalue weighted by atomic mass is 16.7. The van der Waals surface area contributed by atoms with E-state index in [-0.39, 0.29) is 6.29 Å². The van der Waals surface area contributed by atoms with E-state index < -0.39 is 0 Å². The van der Waals surface area contributed by atoms with Crippen molar-refractivity contribution in [1.29, 1.82) is 0 Å². The molecule has 1 aliphatic heterocycles. The van der Waals surface area contributed by atoms with Crippen molar-refractivity contribution in [2.75, 3.05) is 13.2 Å². The van der Waals surface area contributed by atoms with Gasteiger partial charge in [-0.25, -0.2) is 4.99 Å². The molecule has 0 N–H and O–H groups in total. The molecule has 0 aromatic rings. The molecular formula is C8H13NO2. The molecule has 3 nitrogen and oxygen atoms in total. The SMILES string of the molecule is C=C(C)C1=NCC(OCC)O1. The van der Waals surface area contributed by atoms with E-state index in [1.165, 1.54) is 0 Å². The first-order valence-electron chi connectivity index (χ1n) is 3.72. The normalized spacial score (nSPS) is 22.7. The lowest BCUT2D eigenvalue weighted by atomic mass is 10.4. The zero-order chi connectivity index (χ0) is 8.27. The molecule has 0 amide bonds. The van der Waals surface area contributed by atoms with Crippen LogP contribution in [0.2, 0.25) is 0 Å². The quantitative estimate of drug-likeness (QED) is 0.616. The molecule has 0 aliphatic carbocycles. The zero-order valence-corrected chi connectivity index (χ0v) is 6.96. The number of rotatable bonds is 3. The first-order valence-corrected chi connectivity index (χ1v) is 3.72. The predicted molar refractivity (Wildman–Crippen MR) is 43.6 cm³/mol. The minimum Gasteiger partial charge on any atom is -0.446 e. The van der Waals surface area contributed by atoms with Crippen molar-refractivity contribution in [1.82, 2.24) is 0 Å². The maximum absolute atomic E-state index is 5.29. The summed E-state index contributed by atoms with van der Waals surface area (Å²) in [7, 11) is 0. The Morgan fingerprint density at radius 3 is 3.09 bits per heavy atom. The van der Waals surface area contributed by atoms with E-state index in [9.17, 15) is 0 Å². The van der Waals surface area contributed by atoms with Crippen LogP contribution in [0.25, 0.3) is 0 Å². The molecule has 1 atom stereocenters. The highest BCUT2D eigenvalue weighted by Crippen LogP contribution is 2.10. The molecule has 0 saturated heterocycles. The summed E-state index contributed by atoms with van der Waals surface area (Å²) in [6, 6.07) is 0. The summed E-state index contributed by atoms with van der Waals surface area (Å²) in [5.41, 5.74) is 0.854. The van der Waals surface area contributed by atoms with Crippen LogP contribution >= 0.6 is 0 Å². The van der Waals surface area contributed by atoms with E-state index in [1.807, 2.05) is 13.8 Å². The zero-order valence-electron chi connectivity index (χ0n) is 6.96. The Bertz CT molecular complexity index is 187. The Hall–Kier alpha value is -0.830. The summed E-state index contributed by atoms with van der Waals surface area (Å²) in [5, 5.41) is 0. The number of hydrogen-bond donors (Lipinski definition) is 0. The fourth-order valence-electron chi connectivity index (χ4n) is 0.865. The van der Waals surface area contributed by atoms with Gasteiger partial charge in [0.1, 0.15) is 6.54 Å². The second-order valence-corrected chi connectivity index (χ2v) is 2.43. The highest BCUT2D eigenvalue weighted by Gasteiger charge is 2.19. The third-order valence-corrected chi connectivity index (χ3v) is 1.34. The molecule has 0 aromatic heterocycles. The van der Waals surface area contributed by atoms with E-state index in [4.69, 9.17) is 9.47 Å². The van der Waals surface area contributed by atoms with Gasteiger partial charge in [-0.2, -0.15) is 0 Å². The molecule has 11 heavy (non-hydrogen) atoms. The largest absolute Gasteiger partial charge is 0.446 e. The van der Waals surface area contributed by atoms with E-state index in [2.05, 4.69) is 11.6 Å². The lowest BCUT2D eigenvalue weighted by Gasteiger charge is -2.09. The second kappa shape index (κ2) is 3.53. The molecule has 0 fully saturated rings. The van der Waals surface area contributed by atoms with Gasteiger partial charge in [-0.1, -0.05) is 6.58 Å². The average molecular weight is 155 g/mol. The van der Waals surface area contributed by atoms with Crippen LogP contribution < -0.4 is 0 Å². The monoisotopic (exact) mass is 155 g/mol. The Morgan fingerprint density at radius 1 is 1.91 bits per heavy atom. The van der Waals surface area contributed by atoms with Gasteiger partial charge in [-0.15, -0.1) is 0 Å². The summed E-state index contributed by atoms with van der Waals surface area (Å²) in [4.78, 5) is 4.11. The highest BCUT2D eigenvalue weighted by molar-refractivity contribution is 5.93. The topological polar surface area (TPSA) is 30.8 Å². The fourth-order valence-corrected chi connectivity index (χ4v) is 0.865. The second-order valence-electron chi connectivity index (χ2n) is 2.43. The van der Waals surface area contributed by atoms with Gasteiger partial charge in [0.15, 0.2) is 0 Å². The van der Waals surface area contributed by atoms with Crippen LogP contribution in [0.5, 0.6) is 0 Å². The van der Waals surface area contributed by atoms with Crippen molar-refractivity contribution in [2.45, 2.75) is 20.1 Å². The summed E-state index contributed by atoms with van der Waals surface area (Å²) < 4.78 is 10.5. The Balaban J connectivity index is 2.37. The van der Waals surface area contributed by atoms with Crippen LogP contribution in [0.4, 0.5) is 0 Å². The Labute approximate surface area is 66.7 Å². The molecule has 1 unspecified atom stereocenters. The smallest absolute Gasteiger partial charge is 0.221 e. The minimum absolute atomic E-state index is 0.188. The maximum atomic E-state index is 5.29. The number of ether oxygens (including phenoxy) is 2. The molecule has 1 rings (SSSR count). The Kier molecular flexibility index (Phi) is 2.65. The average Bonchev–Trinajstić information content (AvgIpc) is 2.37. The third-order valence-electron chi connectivity index (χ3n) is 1.34. The van der Waals surface area contributed by atoms with Crippen LogP contribution in [0, 0.1) is 0 Å². The molecule has 0 saturated carbocycles. The molecule has 1 heterocycles. The van der Waals surface area contributed by atoms with Crippen LogP contribution in [0.15, 0.2) is 17.1 Å². The van der Waals surface area contributed by atoms with Crippen LogP contribution in [0.3, 0.4) is 0 Å². The van der Waals surface area contributed by atoms with Crippen LogP contribution in [-0.2, 0) is 9.47 Å². The van der Waals surface area contributed by atoms with E-state index >= 15 is 0 Å². The van der Waals surface area contributed by atoms with E-state index in [0.29, 0.717) is 19.0 Å². The fraction of sp³-hybridized carbons (Fsp3) is 0.625. The molecule has 1 aliphatic rings. The van der Waals surface area contributed by atoms with Gasteiger partial charge in [-0.05, 0) is 13.8 Å². The molecule has 62 valence electrons.